The van der Waals surface area contributed by atoms with E-state index in [0.717, 1.165) is 0 Å². The average molecular weight is 1200 g/mol. The molecule has 0 amide bonds. The van der Waals surface area contributed by atoms with Crippen LogP contribution in [0.2, 0.25) is 0 Å². The molecule has 0 unspecified atom stereocenters. The Kier molecular flexibility index (Phi) is 21.3. The van der Waals surface area contributed by atoms with Crippen LogP contribution >= 0.6 is 0 Å². The van der Waals surface area contributed by atoms with Gasteiger partial charge in [-0.3, -0.25) is 0 Å². The summed E-state index contributed by atoms with van der Waals surface area (Å²) in [5.74, 6) is 0. The van der Waals surface area contributed by atoms with Crippen LogP contribution in [0.1, 0.15) is 144 Å². The van der Waals surface area contributed by atoms with Gasteiger partial charge in [-0.2, -0.15) is 0 Å². The Bertz CT molecular complexity index is 4220. The quantitative estimate of drug-likeness (QED) is 0.142. The molecule has 4 aliphatic rings. The Morgan fingerprint density at radius 2 is 0.467 bits per heavy atom. The summed E-state index contributed by atoms with van der Waals surface area (Å²) in [5.41, 5.74) is 34.4. The van der Waals surface area contributed by atoms with E-state index in [-0.39, 0.29) is 21.7 Å². The van der Waals surface area contributed by atoms with Crippen molar-refractivity contribution in [3.05, 3.63) is 380 Å². The third kappa shape index (κ3) is 15.0. The second kappa shape index (κ2) is 29.3. The molecule has 0 heterocycles. The van der Waals surface area contributed by atoms with Gasteiger partial charge in [-0.1, -0.05) is 380 Å². The van der Waals surface area contributed by atoms with Gasteiger partial charge in [-0.25, -0.2) is 0 Å². The molecule has 92 heavy (non-hydrogen) atoms. The van der Waals surface area contributed by atoms with Crippen LogP contribution in [0.4, 0.5) is 0 Å². The van der Waals surface area contributed by atoms with Gasteiger partial charge in [0, 0.05) is 21.7 Å². The zero-order valence-corrected chi connectivity index (χ0v) is 57.7. The molecule has 0 saturated heterocycles. The molecule has 464 valence electrons. The van der Waals surface area contributed by atoms with Crippen LogP contribution in [-0.2, 0) is 21.7 Å². The number of aryl methyl sites for hydroxylation is 8. The van der Waals surface area contributed by atoms with E-state index in [0.29, 0.717) is 0 Å². The number of benzene rings is 12. The molecule has 0 nitrogen and oxygen atoms in total. The maximum Gasteiger partial charge on any atom is 0.0161 e. The first-order chi connectivity index (χ1) is 44.0. The lowest BCUT2D eigenvalue weighted by Gasteiger charge is -2.23. The number of rotatable bonds is 0. The van der Waals surface area contributed by atoms with E-state index in [1.807, 2.05) is 72.8 Å². The summed E-state index contributed by atoms with van der Waals surface area (Å²) < 4.78 is 0. The van der Waals surface area contributed by atoms with Gasteiger partial charge in [-0.15, -0.1) is 0 Å². The highest BCUT2D eigenvalue weighted by Gasteiger charge is 2.38. The molecular weight excluding hydrogens is 1110 g/mol. The van der Waals surface area contributed by atoms with E-state index in [1.54, 1.807) is 0 Å². The minimum atomic E-state index is 0.150. The van der Waals surface area contributed by atoms with Gasteiger partial charge in [0.1, 0.15) is 0 Å². The average Bonchev–Trinajstić information content (AvgIpc) is 1.63. The van der Waals surface area contributed by atoms with Gasteiger partial charge in [0.25, 0.3) is 0 Å². The zero-order chi connectivity index (χ0) is 65.8. The molecule has 16 rings (SSSR count). The van der Waals surface area contributed by atoms with E-state index in [1.165, 1.54) is 134 Å². The molecule has 0 heteroatoms. The molecule has 12 aromatic rings. The predicted octanol–water partition coefficient (Wildman–Crippen LogP) is 25.2. The van der Waals surface area contributed by atoms with Crippen molar-refractivity contribution >= 4 is 0 Å². The minimum absolute atomic E-state index is 0.150. The first kappa shape index (κ1) is 67.0. The Morgan fingerprint density at radius 3 is 0.924 bits per heavy atom. The number of hydrogen-bond donors (Lipinski definition) is 0. The fraction of sp³-hybridized carbons (Fsp3) is 0.217. The lowest BCUT2D eigenvalue weighted by molar-refractivity contribution is 0.655. The van der Waals surface area contributed by atoms with Crippen LogP contribution in [-0.4, -0.2) is 0 Å². The van der Waals surface area contributed by atoms with Crippen LogP contribution in [0.3, 0.4) is 0 Å². The van der Waals surface area contributed by atoms with Gasteiger partial charge in [0.2, 0.25) is 0 Å². The highest BCUT2D eigenvalue weighted by Crippen LogP contribution is 2.52. The molecule has 0 aromatic heterocycles. The molecule has 0 fully saturated rings. The molecule has 0 radical (unpaired) electrons. The Morgan fingerprint density at radius 1 is 0.174 bits per heavy atom. The van der Waals surface area contributed by atoms with Crippen LogP contribution in [0.5, 0.6) is 0 Å². The maximum absolute atomic E-state index is 2.33. The molecule has 12 aromatic carbocycles. The summed E-state index contributed by atoms with van der Waals surface area (Å²) in [7, 11) is 0. The molecule has 4 aliphatic carbocycles. The van der Waals surface area contributed by atoms with Gasteiger partial charge >= 0.3 is 0 Å². The molecular formula is C92H96. The van der Waals surface area contributed by atoms with E-state index in [4.69, 9.17) is 0 Å². The standard InChI is InChI=1S/4C16H16.4C7H8/c1-11-7-6-9-13-12-8-4-5-10-14(12)16(2,3)15(11)13;1-11-7-6-10-14-15(11)12-8-4-5-9-13(12)16(14,2)3;1-11-8-9-15-13(10-11)12-6-4-5-7-14(12)16(15,2)3;1-11-8-9-13-12-6-4-5-7-14(12)16(2,3)15(13)10-11;4*1-7-5-3-2-4-6-7/h4*4-10H,1-3H3;4*2-6H,1H3. The van der Waals surface area contributed by atoms with Gasteiger partial charge < -0.3 is 0 Å². The van der Waals surface area contributed by atoms with Gasteiger partial charge in [0.15, 0.2) is 0 Å². The van der Waals surface area contributed by atoms with Crippen molar-refractivity contribution in [1.82, 2.24) is 0 Å². The Labute approximate surface area is 553 Å². The largest absolute Gasteiger partial charge is 0.0622 e. The Balaban J connectivity index is 0.000000128. The number of fused-ring (bicyclic) bond motifs is 12. The third-order valence-corrected chi connectivity index (χ3v) is 18.8. The molecule has 0 spiro atoms. The number of hydrogen-bond acceptors (Lipinski definition) is 0. The zero-order valence-electron chi connectivity index (χ0n) is 57.7. The van der Waals surface area contributed by atoms with Gasteiger partial charge in [0.05, 0.1) is 0 Å². The maximum atomic E-state index is 2.33. The second-order valence-corrected chi connectivity index (χ2v) is 27.4. The molecule has 0 saturated carbocycles. The first-order valence-electron chi connectivity index (χ1n) is 32.9. The van der Waals surface area contributed by atoms with Crippen molar-refractivity contribution in [1.29, 1.82) is 0 Å². The van der Waals surface area contributed by atoms with Crippen LogP contribution in [0.15, 0.2) is 291 Å². The van der Waals surface area contributed by atoms with Crippen molar-refractivity contribution in [2.45, 2.75) is 132 Å². The van der Waals surface area contributed by atoms with Crippen LogP contribution in [0, 0.1) is 55.4 Å². The highest BCUT2D eigenvalue weighted by atomic mass is 14.4. The van der Waals surface area contributed by atoms with Crippen molar-refractivity contribution < 1.29 is 0 Å². The summed E-state index contributed by atoms with van der Waals surface area (Å²) in [6.45, 7) is 35.6. The summed E-state index contributed by atoms with van der Waals surface area (Å²) in [6.07, 6.45) is 0. The van der Waals surface area contributed by atoms with E-state index < -0.39 is 0 Å². The van der Waals surface area contributed by atoms with Crippen molar-refractivity contribution in [2.24, 2.45) is 0 Å². The summed E-state index contributed by atoms with van der Waals surface area (Å²) in [4.78, 5) is 0. The fourth-order valence-corrected chi connectivity index (χ4v) is 13.8. The summed E-state index contributed by atoms with van der Waals surface area (Å²) in [5, 5.41) is 0. The Hall–Kier alpha value is -9.36. The lowest BCUT2D eigenvalue weighted by Crippen LogP contribution is -2.16. The minimum Gasteiger partial charge on any atom is -0.0622 e. The summed E-state index contributed by atoms with van der Waals surface area (Å²) in [6, 6.07) is 103. The van der Waals surface area contributed by atoms with Gasteiger partial charge in [-0.05, 0) is 156 Å². The second-order valence-electron chi connectivity index (χ2n) is 27.4. The lowest BCUT2D eigenvalue weighted by atomic mass is 9.80. The normalized spacial score (nSPS) is 13.6. The smallest absolute Gasteiger partial charge is 0.0161 e. The topological polar surface area (TPSA) is 0 Å². The first-order valence-corrected chi connectivity index (χ1v) is 32.9. The van der Waals surface area contributed by atoms with Crippen molar-refractivity contribution in [3.8, 4) is 44.5 Å². The molecule has 0 bridgehead atoms. The molecule has 0 atom stereocenters. The van der Waals surface area contributed by atoms with E-state index >= 15 is 0 Å². The van der Waals surface area contributed by atoms with E-state index in [9.17, 15) is 0 Å². The summed E-state index contributed by atoms with van der Waals surface area (Å²) >= 11 is 0. The van der Waals surface area contributed by atoms with E-state index in [2.05, 4.69) is 329 Å². The van der Waals surface area contributed by atoms with Crippen LogP contribution in [0.25, 0.3) is 44.5 Å². The third-order valence-electron chi connectivity index (χ3n) is 18.8. The van der Waals surface area contributed by atoms with Crippen molar-refractivity contribution in [2.75, 3.05) is 0 Å². The SMILES string of the molecule is Cc1ccc2c(c1)-c1ccccc1C2(C)C.Cc1ccc2c(c1)C(C)(C)c1ccccc1-2.Cc1cccc2c1-c1ccccc1C2(C)C.Cc1cccc2c1C(C)(C)c1ccccc1-2.Cc1ccccc1.Cc1ccccc1.Cc1ccccc1.Cc1ccccc1. The predicted molar refractivity (Wildman–Crippen MR) is 400 cm³/mol. The highest BCUT2D eigenvalue weighted by molar-refractivity contribution is 5.85. The fourth-order valence-electron chi connectivity index (χ4n) is 13.8. The van der Waals surface area contributed by atoms with Crippen LogP contribution < -0.4 is 0 Å². The monoisotopic (exact) mass is 1200 g/mol. The molecule has 0 N–H and O–H groups in total. The van der Waals surface area contributed by atoms with Crippen molar-refractivity contribution in [3.63, 3.8) is 0 Å². The molecule has 0 aliphatic heterocycles.